The van der Waals surface area contributed by atoms with Gasteiger partial charge in [-0.25, -0.2) is 0 Å². The van der Waals surface area contributed by atoms with Crippen molar-refractivity contribution in [3.63, 3.8) is 0 Å². The van der Waals surface area contributed by atoms with Crippen molar-refractivity contribution in [1.82, 2.24) is 10.2 Å². The van der Waals surface area contributed by atoms with Gasteiger partial charge in [0, 0.05) is 11.8 Å². The molecule has 1 aliphatic rings. The molecule has 0 atom stereocenters. The highest BCUT2D eigenvalue weighted by Gasteiger charge is 2.32. The number of nitrogens with zero attached hydrogens (tertiary/aromatic N) is 2. The summed E-state index contributed by atoms with van der Waals surface area (Å²) >= 11 is 0. The Morgan fingerprint density at radius 3 is 2.89 bits per heavy atom. The molecule has 98 valence electrons. The maximum Gasteiger partial charge on any atom is 0.158 e. The fourth-order valence-corrected chi connectivity index (χ4v) is 2.31. The van der Waals surface area contributed by atoms with Gasteiger partial charge in [-0.1, -0.05) is 18.7 Å². The number of anilines is 1. The van der Waals surface area contributed by atoms with Crippen molar-refractivity contribution < 1.29 is 4.74 Å². The van der Waals surface area contributed by atoms with Crippen LogP contribution in [-0.4, -0.2) is 35.5 Å². The molecule has 0 amide bonds. The van der Waals surface area contributed by atoms with Crippen LogP contribution in [0, 0.1) is 0 Å². The summed E-state index contributed by atoms with van der Waals surface area (Å²) in [5, 5.41) is 9.67. The van der Waals surface area contributed by atoms with E-state index in [2.05, 4.69) is 35.5 Å². The largest absolute Gasteiger partial charge is 0.377 e. The van der Waals surface area contributed by atoms with E-state index >= 15 is 0 Å². The Hall–Kier alpha value is -1.55. The van der Waals surface area contributed by atoms with Crippen molar-refractivity contribution in [3.05, 3.63) is 23.2 Å². The fraction of sp³-hybridized carbons (Fsp3) is 0.500. The average Bonchev–Trinajstić information content (AvgIpc) is 2.72. The number of hydrogen-bond acceptors (Lipinski definition) is 3. The summed E-state index contributed by atoms with van der Waals surface area (Å²) in [6.07, 6.45) is 5.83. The van der Waals surface area contributed by atoms with Gasteiger partial charge in [0.05, 0.1) is 24.1 Å². The van der Waals surface area contributed by atoms with Crippen molar-refractivity contribution in [2.24, 2.45) is 0 Å². The molecule has 0 radical (unpaired) electrons. The number of aromatic nitrogens is 2. The van der Waals surface area contributed by atoms with E-state index in [-0.39, 0.29) is 5.54 Å². The minimum Gasteiger partial charge on any atom is -0.377 e. The van der Waals surface area contributed by atoms with Crippen molar-refractivity contribution in [3.8, 4) is 0 Å². The van der Waals surface area contributed by atoms with Gasteiger partial charge in [0.2, 0.25) is 0 Å². The lowest BCUT2D eigenvalue weighted by Gasteiger charge is -2.42. The minimum absolute atomic E-state index is 0.0395. The van der Waals surface area contributed by atoms with Gasteiger partial charge in [-0.05, 0) is 26.8 Å². The molecule has 2 rings (SSSR count). The lowest BCUT2D eigenvalue weighted by Crippen LogP contribution is -2.55. The standard InChI is InChI=1S/C14H21N3O/c1-5-7-11-12(6-2)15-16-13(11)17-8-9-18-10-14(17,3)4/h5-7,15H,1,8-10H2,2-4H3/b11-7+,12-6+. The van der Waals surface area contributed by atoms with Gasteiger partial charge >= 0.3 is 0 Å². The highest BCUT2D eigenvalue weighted by molar-refractivity contribution is 5.51. The van der Waals surface area contributed by atoms with Crippen LogP contribution in [0.25, 0.3) is 12.2 Å². The summed E-state index contributed by atoms with van der Waals surface area (Å²) in [5.41, 5.74) is -0.0395. The Kier molecular flexibility index (Phi) is 3.57. The van der Waals surface area contributed by atoms with Crippen LogP contribution in [0.2, 0.25) is 0 Å². The Labute approximate surface area is 108 Å². The summed E-state index contributed by atoms with van der Waals surface area (Å²) in [6.45, 7) is 12.5. The number of hydrogen-bond donors (Lipinski definition) is 1. The van der Waals surface area contributed by atoms with E-state index in [1.807, 2.05) is 19.1 Å². The third-order valence-electron chi connectivity index (χ3n) is 3.29. The van der Waals surface area contributed by atoms with Gasteiger partial charge < -0.3 is 9.64 Å². The lowest BCUT2D eigenvalue weighted by atomic mass is 10.0. The van der Waals surface area contributed by atoms with Gasteiger partial charge in [-0.15, -0.1) is 0 Å². The van der Waals surface area contributed by atoms with E-state index in [0.29, 0.717) is 0 Å². The highest BCUT2D eigenvalue weighted by Crippen LogP contribution is 2.22. The first-order chi connectivity index (χ1) is 8.60. The van der Waals surface area contributed by atoms with E-state index in [4.69, 9.17) is 4.74 Å². The summed E-state index contributed by atoms with van der Waals surface area (Å²) in [4.78, 5) is 2.30. The second-order valence-electron chi connectivity index (χ2n) is 5.08. The second kappa shape index (κ2) is 4.98. The van der Waals surface area contributed by atoms with E-state index in [0.717, 1.165) is 36.1 Å². The predicted molar refractivity (Wildman–Crippen MR) is 74.9 cm³/mol. The molecule has 1 aromatic heterocycles. The molecular weight excluding hydrogens is 226 g/mol. The third-order valence-corrected chi connectivity index (χ3v) is 3.29. The molecule has 0 aliphatic carbocycles. The van der Waals surface area contributed by atoms with E-state index in [1.54, 1.807) is 6.08 Å². The smallest absolute Gasteiger partial charge is 0.158 e. The molecule has 0 saturated carbocycles. The zero-order valence-corrected chi connectivity index (χ0v) is 11.4. The SMILES string of the molecule is C=C/C=c1/c(N2CCOCC2(C)C)n[nH]/c1=C/C. The van der Waals surface area contributed by atoms with Gasteiger partial charge in [-0.2, -0.15) is 5.10 Å². The summed E-state index contributed by atoms with van der Waals surface area (Å²) < 4.78 is 5.55. The third kappa shape index (κ3) is 2.20. The molecule has 4 heteroatoms. The lowest BCUT2D eigenvalue weighted by molar-refractivity contribution is 0.0638. The van der Waals surface area contributed by atoms with Crippen LogP contribution in [0.3, 0.4) is 0 Å². The first kappa shape index (κ1) is 12.9. The minimum atomic E-state index is -0.0395. The maximum atomic E-state index is 5.55. The van der Waals surface area contributed by atoms with Crippen LogP contribution in [0.5, 0.6) is 0 Å². The fourth-order valence-electron chi connectivity index (χ4n) is 2.31. The molecule has 1 fully saturated rings. The van der Waals surface area contributed by atoms with Crippen molar-refractivity contribution in [2.75, 3.05) is 24.7 Å². The molecule has 1 N–H and O–H groups in total. The van der Waals surface area contributed by atoms with E-state index in [1.165, 1.54) is 0 Å². The second-order valence-corrected chi connectivity index (χ2v) is 5.08. The van der Waals surface area contributed by atoms with Crippen LogP contribution in [0.1, 0.15) is 20.8 Å². The Balaban J connectivity index is 2.55. The van der Waals surface area contributed by atoms with Crippen LogP contribution in [-0.2, 0) is 4.74 Å². The van der Waals surface area contributed by atoms with Crippen molar-refractivity contribution >= 4 is 18.0 Å². The summed E-state index contributed by atoms with van der Waals surface area (Å²) in [7, 11) is 0. The van der Waals surface area contributed by atoms with Crippen molar-refractivity contribution in [1.29, 1.82) is 0 Å². The Morgan fingerprint density at radius 1 is 1.50 bits per heavy atom. The molecule has 2 heterocycles. The first-order valence-electron chi connectivity index (χ1n) is 6.29. The number of aromatic amines is 1. The number of nitrogens with one attached hydrogen (secondary N) is 1. The van der Waals surface area contributed by atoms with Crippen LogP contribution < -0.4 is 15.5 Å². The van der Waals surface area contributed by atoms with Gasteiger partial charge in [0.1, 0.15) is 0 Å². The number of H-pyrrole nitrogens is 1. The Morgan fingerprint density at radius 2 is 2.28 bits per heavy atom. The monoisotopic (exact) mass is 247 g/mol. The molecule has 1 aromatic rings. The number of allylic oxidation sites excluding steroid dienone is 1. The first-order valence-corrected chi connectivity index (χ1v) is 6.29. The molecule has 0 bridgehead atoms. The maximum absolute atomic E-state index is 5.55. The number of rotatable bonds is 2. The molecule has 4 nitrogen and oxygen atoms in total. The zero-order chi connectivity index (χ0) is 13.2. The molecule has 0 unspecified atom stereocenters. The summed E-state index contributed by atoms with van der Waals surface area (Å²) in [6, 6.07) is 0. The Bertz CT molecular complexity index is 542. The molecule has 1 saturated heterocycles. The van der Waals surface area contributed by atoms with E-state index in [9.17, 15) is 0 Å². The number of morpholine rings is 1. The molecule has 1 aliphatic heterocycles. The zero-order valence-electron chi connectivity index (χ0n) is 11.4. The topological polar surface area (TPSA) is 41.1 Å². The molecule has 18 heavy (non-hydrogen) atoms. The summed E-state index contributed by atoms with van der Waals surface area (Å²) in [5.74, 6) is 0.983. The number of ether oxygens (including phenoxy) is 1. The molecule has 0 aromatic carbocycles. The molecular formula is C14H21N3O. The van der Waals surface area contributed by atoms with Crippen LogP contribution >= 0.6 is 0 Å². The van der Waals surface area contributed by atoms with E-state index < -0.39 is 0 Å². The van der Waals surface area contributed by atoms with Gasteiger partial charge in [0.25, 0.3) is 0 Å². The predicted octanol–water partition coefficient (Wildman–Crippen LogP) is 0.792. The quantitative estimate of drug-likeness (QED) is 0.840. The highest BCUT2D eigenvalue weighted by atomic mass is 16.5. The van der Waals surface area contributed by atoms with Crippen LogP contribution in [0.4, 0.5) is 5.82 Å². The van der Waals surface area contributed by atoms with Gasteiger partial charge in [-0.3, -0.25) is 5.10 Å². The van der Waals surface area contributed by atoms with Crippen LogP contribution in [0.15, 0.2) is 12.7 Å². The van der Waals surface area contributed by atoms with Crippen molar-refractivity contribution in [2.45, 2.75) is 26.3 Å². The normalized spacial score (nSPS) is 21.4. The molecule has 0 spiro atoms. The average molecular weight is 247 g/mol. The van der Waals surface area contributed by atoms with Gasteiger partial charge in [0.15, 0.2) is 5.82 Å².